The Morgan fingerprint density at radius 3 is 2.44 bits per heavy atom. The zero-order chi connectivity index (χ0) is 13.0. The van der Waals surface area contributed by atoms with E-state index < -0.39 is 0 Å². The minimum Gasteiger partial charge on any atom is -0.490 e. The minimum absolute atomic E-state index is 0.0475. The fourth-order valence-corrected chi connectivity index (χ4v) is 3.22. The third kappa shape index (κ3) is 3.72. The van der Waals surface area contributed by atoms with Gasteiger partial charge in [0.25, 0.3) is 0 Å². The normalized spacial score (nSPS) is 19.3. The van der Waals surface area contributed by atoms with Gasteiger partial charge in [0.1, 0.15) is 5.75 Å². The summed E-state index contributed by atoms with van der Waals surface area (Å²) in [6.45, 7) is 1.99. The van der Waals surface area contributed by atoms with Crippen LogP contribution >= 0.6 is 15.9 Å². The maximum absolute atomic E-state index is 6.08. The van der Waals surface area contributed by atoms with E-state index in [0.29, 0.717) is 6.10 Å². The summed E-state index contributed by atoms with van der Waals surface area (Å²) in [4.78, 5) is 0. The Morgan fingerprint density at radius 1 is 1.22 bits per heavy atom. The van der Waals surface area contributed by atoms with E-state index in [2.05, 4.69) is 22.0 Å². The van der Waals surface area contributed by atoms with Crippen molar-refractivity contribution < 1.29 is 4.74 Å². The lowest BCUT2D eigenvalue weighted by Gasteiger charge is -2.18. The number of benzene rings is 1. The largest absolute Gasteiger partial charge is 0.490 e. The lowest BCUT2D eigenvalue weighted by molar-refractivity contribution is 0.183. The Bertz CT molecular complexity index is 384. The molecular weight excluding hydrogens is 290 g/mol. The summed E-state index contributed by atoms with van der Waals surface area (Å²) in [5, 5.41) is 0. The lowest BCUT2D eigenvalue weighted by Crippen LogP contribution is -2.15. The maximum Gasteiger partial charge on any atom is 0.120 e. The molecule has 0 saturated heterocycles. The predicted octanol–water partition coefficient (Wildman–Crippen LogP) is 4.57. The fourth-order valence-electron chi connectivity index (χ4n) is 2.50. The second-order valence-corrected chi connectivity index (χ2v) is 6.06. The Labute approximate surface area is 118 Å². The van der Waals surface area contributed by atoms with Crippen LogP contribution in [0.5, 0.6) is 5.75 Å². The van der Waals surface area contributed by atoms with Crippen LogP contribution in [0.3, 0.4) is 0 Å². The van der Waals surface area contributed by atoms with Crippen LogP contribution in [0, 0.1) is 0 Å². The highest BCUT2D eigenvalue weighted by atomic mass is 79.9. The first-order valence-electron chi connectivity index (χ1n) is 6.88. The molecule has 1 aliphatic rings. The lowest BCUT2D eigenvalue weighted by atomic mass is 10.1. The number of halogens is 1. The third-order valence-corrected chi connectivity index (χ3v) is 4.25. The van der Waals surface area contributed by atoms with Crippen molar-refractivity contribution in [2.75, 3.05) is 0 Å². The Balaban J connectivity index is 2.02. The number of nitrogens with two attached hydrogens (primary N) is 1. The highest BCUT2D eigenvalue weighted by Crippen LogP contribution is 2.29. The third-order valence-electron chi connectivity index (χ3n) is 3.57. The van der Waals surface area contributed by atoms with Gasteiger partial charge in [-0.15, -0.1) is 0 Å². The van der Waals surface area contributed by atoms with E-state index in [-0.39, 0.29) is 6.04 Å². The number of hydrogen-bond donors (Lipinski definition) is 1. The zero-order valence-corrected chi connectivity index (χ0v) is 12.6. The van der Waals surface area contributed by atoms with Gasteiger partial charge in [0.05, 0.1) is 6.10 Å². The fraction of sp³-hybridized carbons (Fsp3) is 0.600. The Morgan fingerprint density at radius 2 is 1.89 bits per heavy atom. The molecule has 0 radical (unpaired) electrons. The van der Waals surface area contributed by atoms with Crippen LogP contribution < -0.4 is 10.5 Å². The number of rotatable bonds is 3. The molecule has 2 nitrogen and oxygen atoms in total. The van der Waals surface area contributed by atoms with Gasteiger partial charge in [-0.2, -0.15) is 0 Å². The standard InChI is InChI=1S/C15H22BrNO/c1-11(17)14-9-8-13(10-15(14)16)18-12-6-4-2-3-5-7-12/h8-12H,2-7,17H2,1H3/t11-/m1/s1. The summed E-state index contributed by atoms with van der Waals surface area (Å²) >= 11 is 3.57. The van der Waals surface area contributed by atoms with Crippen molar-refractivity contribution in [3.63, 3.8) is 0 Å². The van der Waals surface area contributed by atoms with Gasteiger partial charge in [-0.25, -0.2) is 0 Å². The van der Waals surface area contributed by atoms with E-state index in [0.717, 1.165) is 15.8 Å². The van der Waals surface area contributed by atoms with Crippen LogP contribution in [0.2, 0.25) is 0 Å². The van der Waals surface area contributed by atoms with Crippen molar-refractivity contribution in [2.24, 2.45) is 5.73 Å². The molecule has 0 bridgehead atoms. The summed E-state index contributed by atoms with van der Waals surface area (Å²) in [7, 11) is 0. The summed E-state index contributed by atoms with van der Waals surface area (Å²) in [6, 6.07) is 6.19. The molecule has 1 aliphatic carbocycles. The minimum atomic E-state index is 0.0475. The first kappa shape index (κ1) is 13.9. The highest BCUT2D eigenvalue weighted by molar-refractivity contribution is 9.10. The average molecular weight is 312 g/mol. The van der Waals surface area contributed by atoms with Gasteiger partial charge in [0.2, 0.25) is 0 Å². The van der Waals surface area contributed by atoms with Gasteiger partial charge in [-0.05, 0) is 50.3 Å². The number of hydrogen-bond acceptors (Lipinski definition) is 2. The molecule has 0 aromatic heterocycles. The topological polar surface area (TPSA) is 35.2 Å². The van der Waals surface area contributed by atoms with Crippen LogP contribution in [-0.2, 0) is 0 Å². The van der Waals surface area contributed by atoms with E-state index in [9.17, 15) is 0 Å². The van der Waals surface area contributed by atoms with Gasteiger partial charge in [0, 0.05) is 10.5 Å². The summed E-state index contributed by atoms with van der Waals surface area (Å²) in [5.41, 5.74) is 7.03. The molecule has 1 atom stereocenters. The van der Waals surface area contributed by atoms with Gasteiger partial charge in [0.15, 0.2) is 0 Å². The molecule has 2 rings (SSSR count). The summed E-state index contributed by atoms with van der Waals surface area (Å²) in [5.74, 6) is 0.957. The molecule has 1 fully saturated rings. The molecular formula is C15H22BrNO. The van der Waals surface area contributed by atoms with Crippen molar-refractivity contribution in [3.05, 3.63) is 28.2 Å². The van der Waals surface area contributed by atoms with Crippen molar-refractivity contribution in [1.29, 1.82) is 0 Å². The molecule has 0 spiro atoms. The predicted molar refractivity (Wildman–Crippen MR) is 78.9 cm³/mol. The van der Waals surface area contributed by atoms with E-state index in [1.54, 1.807) is 0 Å². The second-order valence-electron chi connectivity index (χ2n) is 5.20. The molecule has 1 aromatic carbocycles. The van der Waals surface area contributed by atoms with Gasteiger partial charge in [-0.1, -0.05) is 34.8 Å². The molecule has 1 saturated carbocycles. The van der Waals surface area contributed by atoms with Crippen molar-refractivity contribution >= 4 is 15.9 Å². The maximum atomic E-state index is 6.08. The van der Waals surface area contributed by atoms with Crippen molar-refractivity contribution in [2.45, 2.75) is 57.6 Å². The smallest absolute Gasteiger partial charge is 0.120 e. The molecule has 0 amide bonds. The summed E-state index contributed by atoms with van der Waals surface area (Å²) < 4.78 is 7.13. The van der Waals surface area contributed by atoms with Crippen LogP contribution in [0.4, 0.5) is 0 Å². The summed E-state index contributed by atoms with van der Waals surface area (Å²) in [6.07, 6.45) is 8.06. The molecule has 0 heterocycles. The van der Waals surface area contributed by atoms with Crippen molar-refractivity contribution in [1.82, 2.24) is 0 Å². The SMILES string of the molecule is C[C@@H](N)c1ccc(OC2CCCCCC2)cc1Br. The number of ether oxygens (including phenoxy) is 1. The highest BCUT2D eigenvalue weighted by Gasteiger charge is 2.14. The monoisotopic (exact) mass is 311 g/mol. The average Bonchev–Trinajstić information content (AvgIpc) is 2.57. The van der Waals surface area contributed by atoms with Gasteiger partial charge >= 0.3 is 0 Å². The quantitative estimate of drug-likeness (QED) is 0.830. The van der Waals surface area contributed by atoms with Crippen molar-refractivity contribution in [3.8, 4) is 5.75 Å². The van der Waals surface area contributed by atoms with Crippen LogP contribution in [0.25, 0.3) is 0 Å². The molecule has 100 valence electrons. The van der Waals surface area contributed by atoms with E-state index in [1.165, 1.54) is 38.5 Å². The van der Waals surface area contributed by atoms with E-state index in [1.807, 2.05) is 19.1 Å². The first-order valence-corrected chi connectivity index (χ1v) is 7.68. The van der Waals surface area contributed by atoms with Gasteiger partial charge < -0.3 is 10.5 Å². The molecule has 2 N–H and O–H groups in total. The molecule has 0 aliphatic heterocycles. The van der Waals surface area contributed by atoms with Crippen LogP contribution in [0.1, 0.15) is 57.1 Å². The van der Waals surface area contributed by atoms with E-state index in [4.69, 9.17) is 10.5 Å². The molecule has 3 heteroatoms. The first-order chi connectivity index (χ1) is 8.66. The molecule has 0 unspecified atom stereocenters. The van der Waals surface area contributed by atoms with Gasteiger partial charge in [-0.3, -0.25) is 0 Å². The Kier molecular flexibility index (Phi) is 5.07. The Hall–Kier alpha value is -0.540. The van der Waals surface area contributed by atoms with Crippen LogP contribution in [0.15, 0.2) is 22.7 Å². The van der Waals surface area contributed by atoms with Crippen LogP contribution in [-0.4, -0.2) is 6.10 Å². The molecule has 18 heavy (non-hydrogen) atoms. The molecule has 1 aromatic rings. The van der Waals surface area contributed by atoms with E-state index >= 15 is 0 Å². The zero-order valence-electron chi connectivity index (χ0n) is 11.0. The second kappa shape index (κ2) is 6.58.